The second-order valence-corrected chi connectivity index (χ2v) is 5.12. The quantitative estimate of drug-likeness (QED) is 0.762. The summed E-state index contributed by atoms with van der Waals surface area (Å²) in [5, 5.41) is 21.3. The van der Waals surface area contributed by atoms with Crippen LogP contribution in [0.1, 0.15) is 36.8 Å². The molecule has 1 amide bonds. The van der Waals surface area contributed by atoms with Crippen LogP contribution in [0.15, 0.2) is 12.4 Å². The number of aromatic amines is 1. The van der Waals surface area contributed by atoms with Gasteiger partial charge in [0.25, 0.3) is 5.91 Å². The third-order valence-corrected chi connectivity index (χ3v) is 3.15. The smallest absolute Gasteiger partial charge is 0.255 e. The number of hydrogen-bond donors (Lipinski definition) is 3. The number of carbonyl (C=O) groups is 1. The molecule has 2 aromatic rings. The van der Waals surface area contributed by atoms with Gasteiger partial charge in [-0.15, -0.1) is 0 Å². The number of hydrogen-bond acceptors (Lipinski definition) is 5. The monoisotopic (exact) mass is 273 g/mol. The summed E-state index contributed by atoms with van der Waals surface area (Å²) in [6.07, 6.45) is 2.82. The van der Waals surface area contributed by atoms with E-state index in [0.717, 1.165) is 0 Å². The minimum absolute atomic E-state index is 0.140. The molecule has 20 heavy (non-hydrogen) atoms. The van der Waals surface area contributed by atoms with Gasteiger partial charge in [0.2, 0.25) is 0 Å². The summed E-state index contributed by atoms with van der Waals surface area (Å²) in [6.45, 7) is 4.93. The number of carbonyl (C=O) groups excluding carboxylic acids is 1. The number of aromatic nitrogens is 3. The van der Waals surface area contributed by atoms with Crippen molar-refractivity contribution in [1.29, 1.82) is 5.26 Å². The van der Waals surface area contributed by atoms with Crippen molar-refractivity contribution in [3.63, 3.8) is 0 Å². The fraction of sp³-hybridized carbons (Fsp3) is 0.385. The molecule has 0 radical (unpaired) electrons. The molecule has 0 saturated carbocycles. The van der Waals surface area contributed by atoms with Gasteiger partial charge in [-0.3, -0.25) is 4.79 Å². The van der Waals surface area contributed by atoms with E-state index in [-0.39, 0.29) is 11.6 Å². The Bertz CT molecular complexity index is 693. The third-order valence-electron chi connectivity index (χ3n) is 3.15. The van der Waals surface area contributed by atoms with Crippen LogP contribution in [-0.2, 0) is 0 Å². The van der Waals surface area contributed by atoms with Gasteiger partial charge in [0.1, 0.15) is 11.6 Å². The predicted molar refractivity (Wildman–Crippen MR) is 71.8 cm³/mol. The highest BCUT2D eigenvalue weighted by Gasteiger charge is 2.25. The number of amides is 1. The maximum absolute atomic E-state index is 12.2. The Balaban J connectivity index is 2.34. The molecule has 0 bridgehead atoms. The van der Waals surface area contributed by atoms with Gasteiger partial charge in [-0.1, -0.05) is 0 Å². The first kappa shape index (κ1) is 14.0. The van der Waals surface area contributed by atoms with Crippen LogP contribution in [0.3, 0.4) is 0 Å². The zero-order valence-electron chi connectivity index (χ0n) is 11.4. The van der Waals surface area contributed by atoms with E-state index in [1.807, 2.05) is 6.07 Å². The highest BCUT2D eigenvalue weighted by Crippen LogP contribution is 2.15. The van der Waals surface area contributed by atoms with Crippen molar-refractivity contribution in [1.82, 2.24) is 20.3 Å². The van der Waals surface area contributed by atoms with Crippen LogP contribution in [0.25, 0.3) is 11.2 Å². The second-order valence-electron chi connectivity index (χ2n) is 5.12. The molecule has 0 unspecified atom stereocenters. The van der Waals surface area contributed by atoms with Gasteiger partial charge >= 0.3 is 0 Å². The Morgan fingerprint density at radius 3 is 2.90 bits per heavy atom. The van der Waals surface area contributed by atoms with Crippen molar-refractivity contribution in [2.45, 2.75) is 32.4 Å². The lowest BCUT2D eigenvalue weighted by molar-refractivity contribution is 0.0409. The van der Waals surface area contributed by atoms with E-state index < -0.39 is 11.6 Å². The number of nitrogens with zero attached hydrogens (tertiary/aromatic N) is 3. The number of rotatable bonds is 3. The molecule has 0 aliphatic carbocycles. The lowest BCUT2D eigenvalue weighted by Crippen LogP contribution is -2.47. The summed E-state index contributed by atoms with van der Waals surface area (Å²) < 4.78 is 0. The summed E-state index contributed by atoms with van der Waals surface area (Å²) in [5.74, 6) is -0.379. The average Bonchev–Trinajstić information content (AvgIpc) is 2.80. The van der Waals surface area contributed by atoms with E-state index in [0.29, 0.717) is 16.7 Å². The lowest BCUT2D eigenvalue weighted by Gasteiger charge is -2.26. The van der Waals surface area contributed by atoms with Gasteiger partial charge in [0.15, 0.2) is 11.3 Å². The summed E-state index contributed by atoms with van der Waals surface area (Å²) in [7, 11) is 0. The molecular weight excluding hydrogens is 258 g/mol. The molecule has 0 aliphatic rings. The number of aliphatic hydroxyl groups is 1. The molecule has 0 aliphatic heterocycles. The molecule has 0 aromatic carbocycles. The molecular formula is C13H15N5O2. The maximum Gasteiger partial charge on any atom is 0.255 e. The van der Waals surface area contributed by atoms with Crippen molar-refractivity contribution >= 4 is 17.1 Å². The average molecular weight is 273 g/mol. The van der Waals surface area contributed by atoms with Crippen molar-refractivity contribution in [2.75, 3.05) is 0 Å². The number of fused-ring (bicyclic) bond motifs is 1. The van der Waals surface area contributed by atoms with E-state index >= 15 is 0 Å². The van der Waals surface area contributed by atoms with E-state index in [4.69, 9.17) is 5.26 Å². The molecule has 104 valence electrons. The van der Waals surface area contributed by atoms with Crippen LogP contribution in [0.2, 0.25) is 0 Å². The van der Waals surface area contributed by atoms with Crippen molar-refractivity contribution in [3.05, 3.63) is 23.7 Å². The van der Waals surface area contributed by atoms with E-state index in [2.05, 4.69) is 20.3 Å². The SMILES string of the molecule is C[C@@H](NC(=O)c1c[nH]c2ncc(C#N)nc12)C(C)(C)O. The minimum atomic E-state index is -1.04. The van der Waals surface area contributed by atoms with Gasteiger partial charge in [-0.2, -0.15) is 5.26 Å². The van der Waals surface area contributed by atoms with Crippen molar-refractivity contribution < 1.29 is 9.90 Å². The van der Waals surface area contributed by atoms with Crippen LogP contribution in [0.4, 0.5) is 0 Å². The van der Waals surface area contributed by atoms with Crippen LogP contribution < -0.4 is 5.32 Å². The van der Waals surface area contributed by atoms with Gasteiger partial charge in [0, 0.05) is 6.20 Å². The Labute approximate surface area is 115 Å². The predicted octanol–water partition coefficient (Wildman–Crippen LogP) is 0.719. The van der Waals surface area contributed by atoms with Gasteiger partial charge in [-0.05, 0) is 20.8 Å². The van der Waals surface area contributed by atoms with Crippen LogP contribution in [0, 0.1) is 11.3 Å². The summed E-state index contributed by atoms with van der Waals surface area (Å²) in [6, 6.07) is 1.44. The van der Waals surface area contributed by atoms with Crippen molar-refractivity contribution in [3.8, 4) is 6.07 Å². The normalized spacial score (nSPS) is 12.9. The summed E-state index contributed by atoms with van der Waals surface area (Å²) in [4.78, 5) is 23.1. The molecule has 7 heteroatoms. The van der Waals surface area contributed by atoms with E-state index in [1.54, 1.807) is 20.8 Å². The number of nitrogens with one attached hydrogen (secondary N) is 2. The molecule has 3 N–H and O–H groups in total. The highest BCUT2D eigenvalue weighted by atomic mass is 16.3. The zero-order valence-corrected chi connectivity index (χ0v) is 11.4. The molecule has 7 nitrogen and oxygen atoms in total. The number of nitriles is 1. The molecule has 2 aromatic heterocycles. The van der Waals surface area contributed by atoms with Gasteiger partial charge in [0.05, 0.1) is 23.4 Å². The van der Waals surface area contributed by atoms with E-state index in [9.17, 15) is 9.90 Å². The highest BCUT2D eigenvalue weighted by molar-refractivity contribution is 6.04. The van der Waals surface area contributed by atoms with Gasteiger partial charge in [-0.25, -0.2) is 9.97 Å². The largest absolute Gasteiger partial charge is 0.388 e. The first-order valence-electron chi connectivity index (χ1n) is 6.10. The molecule has 0 saturated heterocycles. The van der Waals surface area contributed by atoms with Crippen LogP contribution in [0.5, 0.6) is 0 Å². The molecule has 0 fully saturated rings. The molecule has 2 rings (SSSR count). The number of H-pyrrole nitrogens is 1. The standard InChI is InChI=1S/C13H15N5O2/c1-7(13(2,3)20)17-12(19)9-6-16-11-10(9)18-8(4-14)5-15-11/h5-7,20H,1-3H3,(H,15,16)(H,17,19)/t7-/m1/s1. The van der Waals surface area contributed by atoms with Crippen LogP contribution >= 0.6 is 0 Å². The Morgan fingerprint density at radius 2 is 2.30 bits per heavy atom. The summed E-state index contributed by atoms with van der Waals surface area (Å²) in [5.41, 5.74) is 0.169. The van der Waals surface area contributed by atoms with Gasteiger partial charge < -0.3 is 15.4 Å². The lowest BCUT2D eigenvalue weighted by atomic mass is 10.0. The Hall–Kier alpha value is -2.46. The first-order chi connectivity index (χ1) is 9.32. The third kappa shape index (κ3) is 2.60. The zero-order chi connectivity index (χ0) is 14.9. The maximum atomic E-state index is 12.2. The molecule has 1 atom stereocenters. The van der Waals surface area contributed by atoms with Crippen molar-refractivity contribution in [2.24, 2.45) is 0 Å². The fourth-order valence-electron chi connectivity index (χ4n) is 1.57. The molecule has 0 spiro atoms. The minimum Gasteiger partial charge on any atom is -0.388 e. The van der Waals surface area contributed by atoms with E-state index in [1.165, 1.54) is 12.4 Å². The topological polar surface area (TPSA) is 115 Å². The second kappa shape index (κ2) is 4.90. The first-order valence-corrected chi connectivity index (χ1v) is 6.10. The summed E-state index contributed by atoms with van der Waals surface area (Å²) >= 11 is 0. The Morgan fingerprint density at radius 1 is 1.60 bits per heavy atom. The molecule has 2 heterocycles. The fourth-order valence-corrected chi connectivity index (χ4v) is 1.57. The Kier molecular flexibility index (Phi) is 3.42. The van der Waals surface area contributed by atoms with Crippen LogP contribution in [-0.4, -0.2) is 37.6 Å².